The average molecular weight is 419 g/mol. The molecule has 1 aromatic carbocycles. The number of alkyl halides is 1. The maximum absolute atomic E-state index is 11.5. The number of carbonyl (C=O) groups excluding carboxylic acids is 1. The highest BCUT2D eigenvalue weighted by Gasteiger charge is 2.21. The molecule has 0 unspecified atom stereocenters. The Hall–Kier alpha value is -1.98. The zero-order chi connectivity index (χ0) is 16.3. The zero-order valence-corrected chi connectivity index (χ0v) is 14.2. The average Bonchev–Trinajstić information content (AvgIpc) is 2.99. The Balaban J connectivity index is 2.20. The molecular formula is C12H14IN5O4. The SMILES string of the molecule is CN(CCN(C)c1ccc([N+](=O)[O-])c2nonc12)C(=O)CI. The van der Waals surface area contributed by atoms with Crippen LogP contribution in [0.2, 0.25) is 0 Å². The molecule has 10 heteroatoms. The van der Waals surface area contributed by atoms with Crippen molar-refractivity contribution in [1.29, 1.82) is 0 Å². The number of rotatable bonds is 6. The molecule has 0 atom stereocenters. The van der Waals surface area contributed by atoms with Crippen LogP contribution in [-0.2, 0) is 4.79 Å². The summed E-state index contributed by atoms with van der Waals surface area (Å²) >= 11 is 2.02. The minimum absolute atomic E-state index is 0.0472. The molecule has 2 rings (SSSR count). The quantitative estimate of drug-likeness (QED) is 0.302. The van der Waals surface area contributed by atoms with Crippen LogP contribution in [0.4, 0.5) is 11.4 Å². The summed E-state index contributed by atoms with van der Waals surface area (Å²) in [6.45, 7) is 1.08. The summed E-state index contributed by atoms with van der Waals surface area (Å²) in [5.74, 6) is 0.0472. The minimum Gasteiger partial charge on any atom is -0.371 e. The molecule has 0 fully saturated rings. The van der Waals surface area contributed by atoms with Gasteiger partial charge in [-0.2, -0.15) is 0 Å². The molecule has 0 spiro atoms. The molecule has 1 heterocycles. The highest BCUT2D eigenvalue weighted by atomic mass is 127. The Morgan fingerprint density at radius 2 is 2.00 bits per heavy atom. The fraction of sp³-hybridized carbons (Fsp3) is 0.417. The molecule has 1 aromatic heterocycles. The van der Waals surface area contributed by atoms with Crippen LogP contribution in [0.1, 0.15) is 0 Å². The first kappa shape index (κ1) is 16.4. The zero-order valence-electron chi connectivity index (χ0n) is 12.0. The van der Waals surface area contributed by atoms with E-state index in [1.54, 1.807) is 18.0 Å². The largest absolute Gasteiger partial charge is 0.371 e. The van der Waals surface area contributed by atoms with Crippen molar-refractivity contribution >= 4 is 50.9 Å². The van der Waals surface area contributed by atoms with E-state index in [1.807, 2.05) is 34.5 Å². The monoisotopic (exact) mass is 419 g/mol. The molecule has 0 aliphatic carbocycles. The van der Waals surface area contributed by atoms with Crippen molar-refractivity contribution in [2.24, 2.45) is 0 Å². The standard InChI is InChI=1S/C12H14IN5O4/c1-16(5-6-17(2)10(19)7-13)8-3-4-9(18(20)21)12-11(8)14-22-15-12/h3-4H,5-7H2,1-2H3. The lowest BCUT2D eigenvalue weighted by atomic mass is 10.2. The molecule has 0 bridgehead atoms. The number of nitrogens with zero attached hydrogens (tertiary/aromatic N) is 5. The van der Waals surface area contributed by atoms with Crippen LogP contribution in [0.15, 0.2) is 16.8 Å². The van der Waals surface area contributed by atoms with E-state index < -0.39 is 4.92 Å². The van der Waals surface area contributed by atoms with Gasteiger partial charge in [0.05, 0.1) is 15.0 Å². The van der Waals surface area contributed by atoms with E-state index in [0.29, 0.717) is 28.7 Å². The van der Waals surface area contributed by atoms with Crippen LogP contribution in [-0.4, -0.2) is 57.7 Å². The summed E-state index contributed by atoms with van der Waals surface area (Å²) in [5.41, 5.74) is 0.966. The van der Waals surface area contributed by atoms with Crippen LogP contribution < -0.4 is 4.90 Å². The van der Waals surface area contributed by atoms with Crippen molar-refractivity contribution in [3.05, 3.63) is 22.2 Å². The summed E-state index contributed by atoms with van der Waals surface area (Å²) in [5, 5.41) is 18.3. The van der Waals surface area contributed by atoms with Crippen molar-refractivity contribution in [3.63, 3.8) is 0 Å². The fourth-order valence-corrected chi connectivity index (χ4v) is 2.53. The van der Waals surface area contributed by atoms with Gasteiger partial charge < -0.3 is 9.80 Å². The maximum Gasteiger partial charge on any atom is 0.300 e. The molecule has 22 heavy (non-hydrogen) atoms. The van der Waals surface area contributed by atoms with Gasteiger partial charge in [-0.15, -0.1) is 0 Å². The van der Waals surface area contributed by atoms with E-state index in [-0.39, 0.29) is 17.1 Å². The first-order valence-electron chi connectivity index (χ1n) is 6.36. The molecule has 9 nitrogen and oxygen atoms in total. The van der Waals surface area contributed by atoms with Gasteiger partial charge in [0, 0.05) is 33.3 Å². The number of non-ortho nitro benzene ring substituents is 1. The summed E-state index contributed by atoms with van der Waals surface area (Å²) < 4.78 is 5.05. The Kier molecular flexibility index (Phi) is 5.11. The Morgan fingerprint density at radius 3 is 2.64 bits per heavy atom. The third-order valence-electron chi connectivity index (χ3n) is 3.29. The molecule has 1 amide bonds. The van der Waals surface area contributed by atoms with Gasteiger partial charge >= 0.3 is 5.69 Å². The van der Waals surface area contributed by atoms with Crippen molar-refractivity contribution in [2.45, 2.75) is 0 Å². The lowest BCUT2D eigenvalue weighted by Gasteiger charge is -2.23. The second-order valence-electron chi connectivity index (χ2n) is 4.69. The number of halogens is 1. The fourth-order valence-electron chi connectivity index (χ4n) is 1.94. The molecule has 0 radical (unpaired) electrons. The van der Waals surface area contributed by atoms with Crippen LogP contribution in [0, 0.1) is 10.1 Å². The number of likely N-dealkylation sites (N-methyl/N-ethyl adjacent to an activating group) is 2. The number of fused-ring (bicyclic) bond motifs is 1. The van der Waals surface area contributed by atoms with Gasteiger partial charge in [0.15, 0.2) is 5.52 Å². The molecular weight excluding hydrogens is 405 g/mol. The van der Waals surface area contributed by atoms with Crippen molar-refractivity contribution in [2.75, 3.05) is 36.5 Å². The molecule has 0 saturated carbocycles. The third-order valence-corrected chi connectivity index (χ3v) is 3.94. The van der Waals surface area contributed by atoms with Gasteiger partial charge in [-0.05, 0) is 16.4 Å². The van der Waals surface area contributed by atoms with E-state index in [2.05, 4.69) is 14.9 Å². The predicted molar refractivity (Wildman–Crippen MR) is 88.3 cm³/mol. The first-order valence-corrected chi connectivity index (χ1v) is 7.89. The summed E-state index contributed by atoms with van der Waals surface area (Å²) in [6.07, 6.45) is 0. The number of carbonyl (C=O) groups is 1. The first-order chi connectivity index (χ1) is 10.5. The Labute approximate surface area is 139 Å². The predicted octanol–water partition coefficient (Wildman–Crippen LogP) is 1.46. The maximum atomic E-state index is 11.5. The lowest BCUT2D eigenvalue weighted by molar-refractivity contribution is -0.383. The van der Waals surface area contributed by atoms with Crippen LogP contribution in [0.5, 0.6) is 0 Å². The van der Waals surface area contributed by atoms with Crippen LogP contribution >= 0.6 is 22.6 Å². The summed E-state index contributed by atoms with van der Waals surface area (Å²) in [4.78, 5) is 25.5. The number of aromatic nitrogens is 2. The van der Waals surface area contributed by atoms with Gasteiger partial charge in [-0.25, -0.2) is 4.63 Å². The van der Waals surface area contributed by atoms with Gasteiger partial charge in [0.25, 0.3) is 0 Å². The molecule has 0 aliphatic rings. The Morgan fingerprint density at radius 1 is 1.32 bits per heavy atom. The lowest BCUT2D eigenvalue weighted by Crippen LogP contribution is -2.35. The molecule has 2 aromatic rings. The molecule has 118 valence electrons. The van der Waals surface area contributed by atoms with E-state index in [4.69, 9.17) is 0 Å². The number of benzene rings is 1. The van der Waals surface area contributed by atoms with E-state index >= 15 is 0 Å². The number of hydrogen-bond donors (Lipinski definition) is 0. The van der Waals surface area contributed by atoms with E-state index in [1.165, 1.54) is 6.07 Å². The normalized spacial score (nSPS) is 10.7. The minimum atomic E-state index is -0.525. The third kappa shape index (κ3) is 3.26. The molecule has 0 aliphatic heterocycles. The number of anilines is 1. The topological polar surface area (TPSA) is 106 Å². The number of amides is 1. The van der Waals surface area contributed by atoms with Gasteiger partial charge in [0.2, 0.25) is 11.4 Å². The van der Waals surface area contributed by atoms with Gasteiger partial charge in [-0.1, -0.05) is 22.6 Å². The van der Waals surface area contributed by atoms with E-state index in [0.717, 1.165) is 0 Å². The second-order valence-corrected chi connectivity index (χ2v) is 5.46. The number of hydrogen-bond acceptors (Lipinski definition) is 7. The number of nitro benzene ring substituents is 1. The summed E-state index contributed by atoms with van der Waals surface area (Å²) in [7, 11) is 3.55. The molecule has 0 saturated heterocycles. The van der Waals surface area contributed by atoms with Gasteiger partial charge in [0.1, 0.15) is 0 Å². The Bertz CT molecular complexity index is 704. The molecule has 0 N–H and O–H groups in total. The smallest absolute Gasteiger partial charge is 0.300 e. The van der Waals surface area contributed by atoms with Crippen LogP contribution in [0.3, 0.4) is 0 Å². The van der Waals surface area contributed by atoms with Crippen molar-refractivity contribution < 1.29 is 14.3 Å². The van der Waals surface area contributed by atoms with Crippen LogP contribution in [0.25, 0.3) is 11.0 Å². The number of nitro groups is 1. The highest BCUT2D eigenvalue weighted by molar-refractivity contribution is 14.1. The highest BCUT2D eigenvalue weighted by Crippen LogP contribution is 2.30. The summed E-state index contributed by atoms with van der Waals surface area (Å²) in [6, 6.07) is 2.98. The van der Waals surface area contributed by atoms with Gasteiger partial charge in [-0.3, -0.25) is 14.9 Å². The van der Waals surface area contributed by atoms with Crippen molar-refractivity contribution in [1.82, 2.24) is 15.2 Å². The second kappa shape index (κ2) is 6.85. The van der Waals surface area contributed by atoms with Crippen molar-refractivity contribution in [3.8, 4) is 0 Å². The van der Waals surface area contributed by atoms with E-state index in [9.17, 15) is 14.9 Å².